The first-order chi connectivity index (χ1) is 10.3. The van der Waals surface area contributed by atoms with Crippen LogP contribution in [-0.4, -0.2) is 15.5 Å². The summed E-state index contributed by atoms with van der Waals surface area (Å²) in [6, 6.07) is 5.63. The summed E-state index contributed by atoms with van der Waals surface area (Å²) in [6.45, 7) is 1.66. The van der Waals surface area contributed by atoms with Crippen molar-refractivity contribution in [3.8, 4) is 5.75 Å². The van der Waals surface area contributed by atoms with E-state index in [2.05, 4.69) is 4.72 Å². The number of sulfonamides is 1. The standard InChI is InChI=1S/C14H12ClF2NO3S/c1-8-6-12(13(21-2)7-9(8)15)18-22(19,20)14-10(16)4-3-5-11(14)17/h3-7,18H,1-2H3. The lowest BCUT2D eigenvalue weighted by Gasteiger charge is -2.14. The number of halogens is 3. The Morgan fingerprint density at radius 3 is 2.32 bits per heavy atom. The summed E-state index contributed by atoms with van der Waals surface area (Å²) >= 11 is 5.93. The number of hydrogen-bond acceptors (Lipinski definition) is 3. The molecule has 4 nitrogen and oxygen atoms in total. The number of benzene rings is 2. The Morgan fingerprint density at radius 2 is 1.77 bits per heavy atom. The molecular formula is C14H12ClF2NO3S. The molecule has 0 radical (unpaired) electrons. The molecule has 0 saturated heterocycles. The van der Waals surface area contributed by atoms with Gasteiger partial charge in [-0.3, -0.25) is 4.72 Å². The van der Waals surface area contributed by atoms with Crippen molar-refractivity contribution in [2.24, 2.45) is 0 Å². The average Bonchev–Trinajstić information content (AvgIpc) is 2.41. The maximum absolute atomic E-state index is 13.7. The lowest BCUT2D eigenvalue weighted by Crippen LogP contribution is -2.17. The van der Waals surface area contributed by atoms with Crippen LogP contribution in [0.5, 0.6) is 5.75 Å². The van der Waals surface area contributed by atoms with E-state index in [0.29, 0.717) is 10.6 Å². The summed E-state index contributed by atoms with van der Waals surface area (Å²) in [5, 5.41) is 0.372. The van der Waals surface area contributed by atoms with E-state index >= 15 is 0 Å². The van der Waals surface area contributed by atoms with Gasteiger partial charge in [0.2, 0.25) is 0 Å². The summed E-state index contributed by atoms with van der Waals surface area (Å²) in [7, 11) is -3.14. The quantitative estimate of drug-likeness (QED) is 0.916. The van der Waals surface area contributed by atoms with Crippen LogP contribution in [0.25, 0.3) is 0 Å². The van der Waals surface area contributed by atoms with Crippen molar-refractivity contribution in [3.05, 3.63) is 52.6 Å². The van der Waals surface area contributed by atoms with Gasteiger partial charge >= 0.3 is 0 Å². The Bertz CT molecular complexity index is 805. The Hall–Kier alpha value is -1.86. The Kier molecular flexibility index (Phi) is 4.58. The minimum atomic E-state index is -4.46. The molecule has 8 heteroatoms. The monoisotopic (exact) mass is 347 g/mol. The van der Waals surface area contributed by atoms with E-state index in [4.69, 9.17) is 16.3 Å². The first-order valence-electron chi connectivity index (χ1n) is 6.07. The topological polar surface area (TPSA) is 55.4 Å². The molecule has 2 aromatic carbocycles. The molecule has 0 saturated carbocycles. The smallest absolute Gasteiger partial charge is 0.267 e. The summed E-state index contributed by atoms with van der Waals surface area (Å²) in [5.74, 6) is -2.23. The molecule has 0 aliphatic rings. The zero-order valence-electron chi connectivity index (χ0n) is 11.7. The van der Waals surface area contributed by atoms with E-state index in [-0.39, 0.29) is 11.4 Å². The molecule has 0 spiro atoms. The molecule has 0 aliphatic carbocycles. The predicted octanol–water partition coefficient (Wildman–Crippen LogP) is 3.74. The van der Waals surface area contributed by atoms with Crippen molar-refractivity contribution in [1.29, 1.82) is 0 Å². The first kappa shape index (κ1) is 16.5. The van der Waals surface area contributed by atoms with Gasteiger partial charge in [-0.15, -0.1) is 0 Å². The number of anilines is 1. The van der Waals surface area contributed by atoms with Gasteiger partial charge in [0.1, 0.15) is 17.4 Å². The van der Waals surface area contributed by atoms with E-state index in [9.17, 15) is 17.2 Å². The molecule has 0 bridgehead atoms. The zero-order valence-corrected chi connectivity index (χ0v) is 13.2. The maximum atomic E-state index is 13.7. The summed E-state index contributed by atoms with van der Waals surface area (Å²) in [4.78, 5) is -1.05. The van der Waals surface area contributed by atoms with E-state index in [1.165, 1.54) is 19.2 Å². The molecule has 1 N–H and O–H groups in total. The molecule has 2 rings (SSSR count). The van der Waals surface area contributed by atoms with Gasteiger partial charge in [0.25, 0.3) is 10.0 Å². The van der Waals surface area contributed by atoms with Crippen molar-refractivity contribution < 1.29 is 21.9 Å². The number of nitrogens with one attached hydrogen (secondary N) is 1. The number of aryl methyl sites for hydroxylation is 1. The van der Waals surface area contributed by atoms with Crippen LogP contribution in [0, 0.1) is 18.6 Å². The van der Waals surface area contributed by atoms with Crippen molar-refractivity contribution in [1.82, 2.24) is 0 Å². The molecule has 0 aromatic heterocycles. The van der Waals surface area contributed by atoms with Crippen LogP contribution in [0.4, 0.5) is 14.5 Å². The lowest BCUT2D eigenvalue weighted by molar-refractivity contribution is 0.416. The molecule has 0 heterocycles. The van der Waals surface area contributed by atoms with Crippen LogP contribution >= 0.6 is 11.6 Å². The minimum Gasteiger partial charge on any atom is -0.495 e. The molecule has 0 unspecified atom stereocenters. The summed E-state index contributed by atoms with van der Waals surface area (Å²) in [6.07, 6.45) is 0. The molecule has 118 valence electrons. The summed E-state index contributed by atoms with van der Waals surface area (Å²) < 4.78 is 58.9. The van der Waals surface area contributed by atoms with Crippen molar-refractivity contribution in [3.63, 3.8) is 0 Å². The van der Waals surface area contributed by atoms with Crippen LogP contribution in [0.2, 0.25) is 5.02 Å². The van der Waals surface area contributed by atoms with Gasteiger partial charge in [-0.25, -0.2) is 17.2 Å². The maximum Gasteiger partial charge on any atom is 0.267 e. The number of hydrogen-bond donors (Lipinski definition) is 1. The van der Waals surface area contributed by atoms with Gasteiger partial charge in [0, 0.05) is 11.1 Å². The first-order valence-corrected chi connectivity index (χ1v) is 7.93. The van der Waals surface area contributed by atoms with Crippen molar-refractivity contribution >= 4 is 27.3 Å². The van der Waals surface area contributed by atoms with Crippen LogP contribution < -0.4 is 9.46 Å². The van der Waals surface area contributed by atoms with Crippen LogP contribution in [0.3, 0.4) is 0 Å². The zero-order chi connectivity index (χ0) is 16.5. The second kappa shape index (κ2) is 6.10. The van der Waals surface area contributed by atoms with E-state index < -0.39 is 26.6 Å². The third-order valence-electron chi connectivity index (χ3n) is 2.91. The van der Waals surface area contributed by atoms with Gasteiger partial charge in [0.15, 0.2) is 4.90 Å². The normalized spacial score (nSPS) is 11.3. The minimum absolute atomic E-state index is 0.0343. The Morgan fingerprint density at radius 1 is 1.18 bits per heavy atom. The highest BCUT2D eigenvalue weighted by molar-refractivity contribution is 7.92. The van der Waals surface area contributed by atoms with Gasteiger partial charge in [-0.2, -0.15) is 0 Å². The van der Waals surface area contributed by atoms with Crippen molar-refractivity contribution in [2.45, 2.75) is 11.8 Å². The molecule has 0 amide bonds. The number of rotatable bonds is 4. The summed E-state index contributed by atoms with van der Waals surface area (Å²) in [5.41, 5.74) is 0.612. The molecule has 22 heavy (non-hydrogen) atoms. The fourth-order valence-corrected chi connectivity index (χ4v) is 3.20. The van der Waals surface area contributed by atoms with E-state index in [1.54, 1.807) is 6.92 Å². The fourth-order valence-electron chi connectivity index (χ4n) is 1.85. The van der Waals surface area contributed by atoms with Gasteiger partial charge < -0.3 is 4.74 Å². The second-order valence-electron chi connectivity index (χ2n) is 4.46. The van der Waals surface area contributed by atoms with Gasteiger partial charge in [-0.1, -0.05) is 17.7 Å². The average molecular weight is 348 g/mol. The van der Waals surface area contributed by atoms with Gasteiger partial charge in [0.05, 0.1) is 12.8 Å². The van der Waals surface area contributed by atoms with Crippen LogP contribution in [0.1, 0.15) is 5.56 Å². The number of ether oxygens (including phenoxy) is 1. The SMILES string of the molecule is COc1cc(Cl)c(C)cc1NS(=O)(=O)c1c(F)cccc1F. The highest BCUT2D eigenvalue weighted by Crippen LogP contribution is 2.33. The number of methoxy groups -OCH3 is 1. The van der Waals surface area contributed by atoms with E-state index in [1.807, 2.05) is 0 Å². The largest absolute Gasteiger partial charge is 0.495 e. The molecule has 0 fully saturated rings. The van der Waals surface area contributed by atoms with Crippen LogP contribution in [-0.2, 0) is 10.0 Å². The molecular weight excluding hydrogens is 336 g/mol. The Balaban J connectivity index is 2.52. The van der Waals surface area contributed by atoms with Crippen LogP contribution in [0.15, 0.2) is 35.2 Å². The lowest BCUT2D eigenvalue weighted by atomic mass is 10.2. The predicted molar refractivity (Wildman–Crippen MR) is 79.9 cm³/mol. The molecule has 0 atom stereocenters. The fraction of sp³-hybridized carbons (Fsp3) is 0.143. The highest BCUT2D eigenvalue weighted by Gasteiger charge is 2.25. The Labute approximate surface area is 131 Å². The highest BCUT2D eigenvalue weighted by atomic mass is 35.5. The van der Waals surface area contributed by atoms with E-state index in [0.717, 1.165) is 18.2 Å². The molecule has 0 aliphatic heterocycles. The second-order valence-corrected chi connectivity index (χ2v) is 6.48. The van der Waals surface area contributed by atoms with Crippen molar-refractivity contribution in [2.75, 3.05) is 11.8 Å². The third kappa shape index (κ3) is 3.15. The molecule has 2 aromatic rings. The van der Waals surface area contributed by atoms with Gasteiger partial charge in [-0.05, 0) is 30.7 Å². The third-order valence-corrected chi connectivity index (χ3v) is 4.74.